The molecule has 66 heavy (non-hydrogen) atoms. The Morgan fingerprint density at radius 1 is 0.273 bits per heavy atom. The third-order valence-electron chi connectivity index (χ3n) is 15.6. The average molecular weight is 835 g/mol. The number of aryl methyl sites for hydroxylation is 2. The van der Waals surface area contributed by atoms with Crippen LogP contribution in [0.5, 0.6) is 0 Å². The Bertz CT molecular complexity index is 4250. The highest BCUT2D eigenvalue weighted by Gasteiger charge is 2.32. The zero-order valence-electron chi connectivity index (χ0n) is 36.5. The molecule has 0 saturated carbocycles. The maximum absolute atomic E-state index is 2.64. The molecule has 0 bridgehead atoms. The molecule has 0 fully saturated rings. The third kappa shape index (κ3) is 4.88. The number of benzene rings is 12. The number of rotatable bonds is 4. The summed E-state index contributed by atoms with van der Waals surface area (Å²) in [4.78, 5) is 0. The average Bonchev–Trinajstić information content (AvgIpc) is 3.71. The van der Waals surface area contributed by atoms with E-state index in [0.29, 0.717) is 0 Å². The fourth-order valence-electron chi connectivity index (χ4n) is 13.0. The summed E-state index contributed by atoms with van der Waals surface area (Å²) in [5, 5.41) is 19.1. The lowest BCUT2D eigenvalue weighted by Crippen LogP contribution is -2.19. The van der Waals surface area contributed by atoms with Gasteiger partial charge >= 0.3 is 0 Å². The molecule has 15 rings (SSSR count). The summed E-state index contributed by atoms with van der Waals surface area (Å²) in [6.45, 7) is 0. The molecule has 0 aromatic heterocycles. The summed E-state index contributed by atoms with van der Waals surface area (Å²) in [5.41, 5.74) is 18.9. The van der Waals surface area contributed by atoms with Crippen molar-refractivity contribution in [1.29, 1.82) is 0 Å². The Labute approximate surface area is 383 Å². The summed E-state index contributed by atoms with van der Waals surface area (Å²) >= 11 is 0. The van der Waals surface area contributed by atoms with Crippen molar-refractivity contribution in [3.8, 4) is 55.6 Å². The molecule has 3 aliphatic carbocycles. The van der Waals surface area contributed by atoms with Crippen molar-refractivity contribution in [2.75, 3.05) is 0 Å². The minimum Gasteiger partial charge on any atom is -0.0763 e. The summed E-state index contributed by atoms with van der Waals surface area (Å²) in [6.07, 6.45) is 6.81. The summed E-state index contributed by atoms with van der Waals surface area (Å²) in [6, 6.07) is 75.9. The topological polar surface area (TPSA) is 0 Å². The zero-order valence-corrected chi connectivity index (χ0v) is 36.5. The number of hydrogen-bond donors (Lipinski definition) is 0. The maximum Gasteiger partial charge on any atom is -0.000741 e. The van der Waals surface area contributed by atoms with Gasteiger partial charge in [0.25, 0.3) is 0 Å². The Hall–Kier alpha value is -8.06. The second-order valence-electron chi connectivity index (χ2n) is 18.7. The van der Waals surface area contributed by atoms with E-state index in [9.17, 15) is 0 Å². The van der Waals surface area contributed by atoms with Crippen LogP contribution in [0.15, 0.2) is 200 Å². The van der Waals surface area contributed by atoms with Crippen LogP contribution < -0.4 is 10.4 Å². The highest BCUT2D eigenvalue weighted by atomic mass is 14.3. The van der Waals surface area contributed by atoms with Crippen molar-refractivity contribution in [3.05, 3.63) is 227 Å². The molecule has 0 amide bonds. The van der Waals surface area contributed by atoms with Crippen LogP contribution in [-0.2, 0) is 12.8 Å². The van der Waals surface area contributed by atoms with Crippen molar-refractivity contribution in [2.45, 2.75) is 25.7 Å². The molecule has 0 heteroatoms. The van der Waals surface area contributed by atoms with Gasteiger partial charge in [0.15, 0.2) is 0 Å². The van der Waals surface area contributed by atoms with Gasteiger partial charge in [-0.15, -0.1) is 0 Å². The zero-order chi connectivity index (χ0) is 43.0. The van der Waals surface area contributed by atoms with Crippen LogP contribution in [0, 0.1) is 0 Å². The Morgan fingerprint density at radius 2 is 0.758 bits per heavy atom. The highest BCUT2D eigenvalue weighted by molar-refractivity contribution is 6.38. The monoisotopic (exact) mass is 834 g/mol. The SMILES string of the molecule is C1=c2cccc3c2c(c2c4c5c(ccc43)-c3cc4c(-c6ccccc6-c6ccccc6)c6c7ccccc7c7ccccc7c6c(-c6ccccc6-c6ccccc6)c4cc3C=5CC2)CC1. The number of hydrogen-bond acceptors (Lipinski definition) is 0. The van der Waals surface area contributed by atoms with Crippen LogP contribution in [0.1, 0.15) is 29.5 Å². The predicted molar refractivity (Wildman–Crippen MR) is 282 cm³/mol. The van der Waals surface area contributed by atoms with E-state index in [4.69, 9.17) is 0 Å². The minimum atomic E-state index is 1.04. The first-order chi connectivity index (χ1) is 32.8. The van der Waals surface area contributed by atoms with Gasteiger partial charge in [-0.2, -0.15) is 0 Å². The number of fused-ring (bicyclic) bond motifs is 12. The van der Waals surface area contributed by atoms with Crippen LogP contribution in [0.3, 0.4) is 0 Å². The smallest absolute Gasteiger partial charge is 0.000741 e. The quantitative estimate of drug-likeness (QED) is 0.122. The molecule has 0 aliphatic heterocycles. The molecule has 12 aromatic carbocycles. The molecule has 12 aromatic rings. The summed E-state index contributed by atoms with van der Waals surface area (Å²) < 4.78 is 0. The summed E-state index contributed by atoms with van der Waals surface area (Å²) in [5.74, 6) is 0. The molecule has 306 valence electrons. The Balaban J connectivity index is 1.19. The largest absolute Gasteiger partial charge is 0.0763 e. The lowest BCUT2D eigenvalue weighted by Gasteiger charge is -2.25. The normalized spacial score (nSPS) is 13.6. The third-order valence-corrected chi connectivity index (χ3v) is 15.6. The standard InChI is InChI=1S/C66H42/c1-3-17-39(18-4-1)42-23-7-11-27-46(42)63-58-37-56-54-35-33-52-50-31-15-21-41-22-16-32-51(60(41)50)53-34-36-55(62(54)61(52)53)57(56)38-59(58)64(47-28-12-8-24-43(47)40-19-5-2-6-20-40)66-49-30-14-10-26-45(49)44-25-9-13-29-48(44)65(63)66/h1-15,17-31,33,35,37-38H,16,32,34,36H2. The van der Waals surface area contributed by atoms with Gasteiger partial charge < -0.3 is 0 Å². The van der Waals surface area contributed by atoms with Gasteiger partial charge in [-0.05, 0) is 191 Å². The minimum absolute atomic E-state index is 1.04. The van der Waals surface area contributed by atoms with Crippen molar-refractivity contribution in [1.82, 2.24) is 0 Å². The predicted octanol–water partition coefficient (Wildman–Crippen LogP) is 16.1. The van der Waals surface area contributed by atoms with Crippen LogP contribution >= 0.6 is 0 Å². The second kappa shape index (κ2) is 13.7. The first-order valence-corrected chi connectivity index (χ1v) is 23.7. The molecule has 0 unspecified atom stereocenters. The van der Waals surface area contributed by atoms with Gasteiger partial charge in [-0.3, -0.25) is 0 Å². The van der Waals surface area contributed by atoms with Gasteiger partial charge in [-0.1, -0.05) is 194 Å². The van der Waals surface area contributed by atoms with Gasteiger partial charge in [0.2, 0.25) is 0 Å². The van der Waals surface area contributed by atoms with Gasteiger partial charge in [0.05, 0.1) is 0 Å². The Morgan fingerprint density at radius 3 is 1.38 bits per heavy atom. The maximum atomic E-state index is 2.64. The van der Waals surface area contributed by atoms with Gasteiger partial charge in [0, 0.05) is 0 Å². The van der Waals surface area contributed by atoms with E-state index in [1.807, 2.05) is 0 Å². The molecule has 0 heterocycles. The molecule has 0 saturated heterocycles. The molecule has 0 radical (unpaired) electrons. The van der Waals surface area contributed by atoms with E-state index in [1.54, 1.807) is 11.1 Å². The van der Waals surface area contributed by atoms with Gasteiger partial charge in [-0.25, -0.2) is 0 Å². The molecule has 0 spiro atoms. The van der Waals surface area contributed by atoms with Crippen molar-refractivity contribution >= 4 is 76.3 Å². The van der Waals surface area contributed by atoms with E-state index in [1.165, 1.54) is 142 Å². The molecule has 0 nitrogen and oxygen atoms in total. The van der Waals surface area contributed by atoms with Crippen molar-refractivity contribution in [2.24, 2.45) is 0 Å². The van der Waals surface area contributed by atoms with E-state index < -0.39 is 0 Å². The molecule has 3 aliphatic rings. The molecular formula is C66H42. The fraction of sp³-hybridized carbons (Fsp3) is 0.0606. The van der Waals surface area contributed by atoms with E-state index in [0.717, 1.165) is 25.7 Å². The summed E-state index contributed by atoms with van der Waals surface area (Å²) in [7, 11) is 0. The van der Waals surface area contributed by atoms with Crippen molar-refractivity contribution in [3.63, 3.8) is 0 Å². The van der Waals surface area contributed by atoms with Crippen LogP contribution in [0.2, 0.25) is 0 Å². The first-order valence-electron chi connectivity index (χ1n) is 23.7. The molecule has 0 atom stereocenters. The van der Waals surface area contributed by atoms with Crippen LogP contribution in [-0.4, -0.2) is 0 Å². The van der Waals surface area contributed by atoms with Crippen molar-refractivity contribution < 1.29 is 0 Å². The van der Waals surface area contributed by atoms with E-state index in [2.05, 4.69) is 206 Å². The Kier molecular flexibility index (Phi) is 7.55. The van der Waals surface area contributed by atoms with Crippen LogP contribution in [0.25, 0.3) is 132 Å². The van der Waals surface area contributed by atoms with Crippen LogP contribution in [0.4, 0.5) is 0 Å². The fourth-order valence-corrected chi connectivity index (χ4v) is 13.0. The highest BCUT2D eigenvalue weighted by Crippen LogP contribution is 2.54. The molecular weight excluding hydrogens is 793 g/mol. The van der Waals surface area contributed by atoms with Gasteiger partial charge in [0.1, 0.15) is 0 Å². The lowest BCUT2D eigenvalue weighted by atomic mass is 9.78. The van der Waals surface area contributed by atoms with E-state index >= 15 is 0 Å². The lowest BCUT2D eigenvalue weighted by molar-refractivity contribution is 0.949. The first kappa shape index (κ1) is 36.3. The van der Waals surface area contributed by atoms with E-state index in [-0.39, 0.29) is 0 Å². The second-order valence-corrected chi connectivity index (χ2v) is 18.7. The molecule has 0 N–H and O–H groups in total.